The molecule has 0 saturated heterocycles. The highest BCUT2D eigenvalue weighted by Gasteiger charge is 2.17. The number of unbranched alkanes of at least 4 members (excludes halogenated alkanes) is 26. The van der Waals surface area contributed by atoms with Gasteiger partial charge in [-0.05, 0) is 51.2 Å². The Kier molecular flexibility index (Phi) is 35.2. The predicted octanol–water partition coefficient (Wildman–Crippen LogP) is 12.8. The quantitative estimate of drug-likeness (QED) is 0.0655. The number of carbonyl (C=O) groups excluding carboxylic acids is 2. The Labute approximate surface area is 336 Å². The summed E-state index contributed by atoms with van der Waals surface area (Å²) in [5, 5.41) is 6.17. The summed E-state index contributed by atoms with van der Waals surface area (Å²) in [7, 11) is 0. The molecule has 54 heavy (non-hydrogen) atoms. The van der Waals surface area contributed by atoms with E-state index in [0.717, 1.165) is 39.3 Å². The molecule has 0 bridgehead atoms. The molecule has 0 unspecified atom stereocenters. The number of carbonyl (C=O) groups is 2. The van der Waals surface area contributed by atoms with Crippen LogP contribution in [0.25, 0.3) is 0 Å². The first-order valence-corrected chi connectivity index (χ1v) is 23.7. The highest BCUT2D eigenvalue weighted by molar-refractivity contribution is 6.07. The molecule has 1 aromatic carbocycles. The van der Waals surface area contributed by atoms with Crippen LogP contribution >= 0.6 is 0 Å². The topological polar surface area (TPSA) is 64.7 Å². The maximum absolute atomic E-state index is 13.2. The molecule has 1 aromatic rings. The molecule has 1 rings (SSSR count). The van der Waals surface area contributed by atoms with Gasteiger partial charge in [0.2, 0.25) is 0 Å². The summed E-state index contributed by atoms with van der Waals surface area (Å²) in [6.07, 6.45) is 38.6. The van der Waals surface area contributed by atoms with E-state index in [1.54, 1.807) is 12.1 Å². The minimum atomic E-state index is -0.165. The molecule has 0 heterocycles. The molecule has 0 saturated carbocycles. The molecule has 0 aliphatic carbocycles. The molecule has 0 aliphatic heterocycles. The van der Waals surface area contributed by atoms with Gasteiger partial charge in [-0.25, -0.2) is 0 Å². The van der Waals surface area contributed by atoms with Gasteiger partial charge in [0.1, 0.15) is 0 Å². The van der Waals surface area contributed by atoms with Crippen molar-refractivity contribution in [1.29, 1.82) is 0 Å². The summed E-state index contributed by atoms with van der Waals surface area (Å²) in [6, 6.07) is 7.22. The molecular formula is C48H90N4O2. The number of hydrogen-bond acceptors (Lipinski definition) is 4. The van der Waals surface area contributed by atoms with Crippen LogP contribution in [-0.2, 0) is 0 Å². The highest BCUT2D eigenvalue weighted by atomic mass is 16.2. The Morgan fingerprint density at radius 1 is 0.389 bits per heavy atom. The number of rotatable bonds is 40. The molecule has 314 valence electrons. The fourth-order valence-corrected chi connectivity index (χ4v) is 7.64. The summed E-state index contributed by atoms with van der Waals surface area (Å²) >= 11 is 0. The van der Waals surface area contributed by atoms with E-state index < -0.39 is 0 Å². The van der Waals surface area contributed by atoms with E-state index in [1.807, 2.05) is 12.1 Å². The van der Waals surface area contributed by atoms with E-state index in [0.29, 0.717) is 24.2 Å². The van der Waals surface area contributed by atoms with Crippen molar-refractivity contribution in [2.45, 2.75) is 207 Å². The lowest BCUT2D eigenvalue weighted by Gasteiger charge is -2.21. The molecule has 6 nitrogen and oxygen atoms in total. The van der Waals surface area contributed by atoms with Crippen LogP contribution in [0.3, 0.4) is 0 Å². The maximum Gasteiger partial charge on any atom is 0.252 e. The summed E-state index contributed by atoms with van der Waals surface area (Å²) in [4.78, 5) is 31.2. The molecule has 0 fully saturated rings. The zero-order valence-electron chi connectivity index (χ0n) is 36.5. The number of nitrogens with one attached hydrogen (secondary N) is 2. The average Bonchev–Trinajstić information content (AvgIpc) is 3.19. The van der Waals surface area contributed by atoms with Gasteiger partial charge in [-0.15, -0.1) is 0 Å². The zero-order chi connectivity index (χ0) is 39.2. The summed E-state index contributed by atoms with van der Waals surface area (Å²) < 4.78 is 0. The Morgan fingerprint density at radius 2 is 0.648 bits per heavy atom. The molecule has 0 spiro atoms. The van der Waals surface area contributed by atoms with Crippen molar-refractivity contribution >= 4 is 11.8 Å². The van der Waals surface area contributed by atoms with Gasteiger partial charge in [0.15, 0.2) is 0 Å². The number of nitrogens with zero attached hydrogens (tertiary/aromatic N) is 2. The lowest BCUT2D eigenvalue weighted by atomic mass is 10.0. The van der Waals surface area contributed by atoms with Gasteiger partial charge in [-0.3, -0.25) is 9.59 Å². The van der Waals surface area contributed by atoms with Gasteiger partial charge in [0.05, 0.1) is 11.1 Å². The van der Waals surface area contributed by atoms with E-state index in [-0.39, 0.29) is 11.8 Å². The molecule has 0 atom stereocenters. The minimum absolute atomic E-state index is 0.165. The van der Waals surface area contributed by atoms with E-state index in [9.17, 15) is 9.59 Å². The SMILES string of the molecule is CCCCCCCCCCCCCCCCN(CC)CCNC(=O)c1ccccc1C(=O)NCCN(CC)CCCCCCCCCCCCCCCC. The standard InChI is InChI=1S/C48H90N4O2/c1-5-9-11-13-15-17-19-21-23-25-27-29-31-35-41-51(7-3)43-39-49-47(53)45-37-33-34-38-46(45)48(54)50-40-44-52(8-4)42-36-32-30-28-26-24-22-20-18-16-14-12-10-6-2/h33-34,37-38H,5-32,35-36,39-44H2,1-4H3,(H,49,53)(H,50,54). The van der Waals surface area contributed by atoms with Crippen molar-refractivity contribution in [2.24, 2.45) is 0 Å². The van der Waals surface area contributed by atoms with Crippen LogP contribution in [0.1, 0.15) is 228 Å². The largest absolute Gasteiger partial charge is 0.351 e. The maximum atomic E-state index is 13.2. The molecule has 0 aromatic heterocycles. The van der Waals surface area contributed by atoms with Gasteiger partial charge in [0, 0.05) is 26.2 Å². The number of likely N-dealkylation sites (N-methyl/N-ethyl adjacent to an activating group) is 2. The lowest BCUT2D eigenvalue weighted by molar-refractivity contribution is 0.0914. The van der Waals surface area contributed by atoms with Gasteiger partial charge in [0.25, 0.3) is 11.8 Å². The van der Waals surface area contributed by atoms with E-state index in [2.05, 4.69) is 48.1 Å². The molecule has 2 N–H and O–H groups in total. The third-order valence-corrected chi connectivity index (χ3v) is 11.4. The number of amides is 2. The monoisotopic (exact) mass is 755 g/mol. The highest BCUT2D eigenvalue weighted by Crippen LogP contribution is 2.15. The fourth-order valence-electron chi connectivity index (χ4n) is 7.64. The van der Waals surface area contributed by atoms with Crippen molar-refractivity contribution in [3.8, 4) is 0 Å². The van der Waals surface area contributed by atoms with Gasteiger partial charge >= 0.3 is 0 Å². The minimum Gasteiger partial charge on any atom is -0.351 e. The second-order valence-corrected chi connectivity index (χ2v) is 16.1. The van der Waals surface area contributed by atoms with Crippen LogP contribution < -0.4 is 10.6 Å². The number of hydrogen-bond donors (Lipinski definition) is 2. The van der Waals surface area contributed by atoms with Crippen LogP contribution in [0.2, 0.25) is 0 Å². The Hall–Kier alpha value is -1.92. The van der Waals surface area contributed by atoms with Crippen molar-refractivity contribution in [2.75, 3.05) is 52.4 Å². The van der Waals surface area contributed by atoms with Crippen LogP contribution in [-0.4, -0.2) is 74.0 Å². The van der Waals surface area contributed by atoms with E-state index in [1.165, 1.54) is 180 Å². The summed E-state index contributed by atoms with van der Waals surface area (Å²) in [5.74, 6) is -0.331. The first kappa shape index (κ1) is 50.1. The third-order valence-electron chi connectivity index (χ3n) is 11.4. The van der Waals surface area contributed by atoms with Crippen molar-refractivity contribution in [3.63, 3.8) is 0 Å². The van der Waals surface area contributed by atoms with Crippen molar-refractivity contribution < 1.29 is 9.59 Å². The first-order chi connectivity index (χ1) is 26.6. The van der Waals surface area contributed by atoms with Crippen LogP contribution in [0.15, 0.2) is 24.3 Å². The van der Waals surface area contributed by atoms with Crippen LogP contribution in [0, 0.1) is 0 Å². The Balaban J connectivity index is 2.17. The fraction of sp³-hybridized carbons (Fsp3) is 0.833. The van der Waals surface area contributed by atoms with E-state index >= 15 is 0 Å². The van der Waals surface area contributed by atoms with Crippen molar-refractivity contribution in [1.82, 2.24) is 20.4 Å². The van der Waals surface area contributed by atoms with Gasteiger partial charge < -0.3 is 20.4 Å². The number of benzene rings is 1. The van der Waals surface area contributed by atoms with Crippen molar-refractivity contribution in [3.05, 3.63) is 35.4 Å². The molecule has 0 aliphatic rings. The molecule has 0 radical (unpaired) electrons. The first-order valence-electron chi connectivity index (χ1n) is 23.7. The zero-order valence-corrected chi connectivity index (χ0v) is 36.5. The Morgan fingerprint density at radius 3 is 0.907 bits per heavy atom. The lowest BCUT2D eigenvalue weighted by Crippen LogP contribution is -2.37. The average molecular weight is 755 g/mol. The Bertz CT molecular complexity index is 908. The molecular weight excluding hydrogens is 665 g/mol. The smallest absolute Gasteiger partial charge is 0.252 e. The van der Waals surface area contributed by atoms with Crippen LogP contribution in [0.5, 0.6) is 0 Å². The third kappa shape index (κ3) is 28.5. The molecule has 6 heteroatoms. The molecule has 2 amide bonds. The summed E-state index contributed by atoms with van der Waals surface area (Å²) in [5.41, 5.74) is 0.916. The summed E-state index contributed by atoms with van der Waals surface area (Å²) in [6.45, 7) is 16.0. The van der Waals surface area contributed by atoms with Crippen LogP contribution in [0.4, 0.5) is 0 Å². The second kappa shape index (κ2) is 38.0. The predicted molar refractivity (Wildman–Crippen MR) is 236 cm³/mol. The normalized spacial score (nSPS) is 11.5. The van der Waals surface area contributed by atoms with E-state index in [4.69, 9.17) is 0 Å². The van der Waals surface area contributed by atoms with Gasteiger partial charge in [-0.2, -0.15) is 0 Å². The van der Waals surface area contributed by atoms with Gasteiger partial charge in [-0.1, -0.05) is 207 Å². The second-order valence-electron chi connectivity index (χ2n) is 16.1.